The molecule has 82 valence electrons. The van der Waals surface area contributed by atoms with Crippen LogP contribution in [0.4, 0.5) is 0 Å². The van der Waals surface area contributed by atoms with Crippen molar-refractivity contribution < 1.29 is 0 Å². The van der Waals surface area contributed by atoms with Gasteiger partial charge in [0, 0.05) is 10.8 Å². The van der Waals surface area contributed by atoms with Crippen LogP contribution in [0.3, 0.4) is 0 Å². The second kappa shape index (κ2) is 2.88. The lowest BCUT2D eigenvalue weighted by atomic mass is 9.63. The van der Waals surface area contributed by atoms with Gasteiger partial charge in [0.05, 0.1) is 0 Å². The molecule has 0 fully saturated rings. The Morgan fingerprint density at radius 1 is 1.06 bits per heavy atom. The first-order valence-corrected chi connectivity index (χ1v) is 6.04. The van der Waals surface area contributed by atoms with Gasteiger partial charge in [-0.05, 0) is 23.1 Å². The molecule has 0 N–H and O–H groups in total. The van der Waals surface area contributed by atoms with Gasteiger partial charge in [-0.2, -0.15) is 0 Å². The molecule has 0 amide bonds. The van der Waals surface area contributed by atoms with E-state index >= 15 is 0 Å². The first-order chi connectivity index (χ1) is 7.54. The van der Waals surface area contributed by atoms with E-state index in [2.05, 4.69) is 63.3 Å². The lowest BCUT2D eigenvalue weighted by molar-refractivity contribution is 0.423. The molecule has 0 heteroatoms. The molecule has 1 aromatic rings. The highest BCUT2D eigenvalue weighted by Gasteiger charge is 2.43. The van der Waals surface area contributed by atoms with E-state index in [0.29, 0.717) is 0 Å². The maximum Gasteiger partial charge on any atom is 0.0185 e. The van der Waals surface area contributed by atoms with Crippen LogP contribution < -0.4 is 0 Å². The van der Waals surface area contributed by atoms with Gasteiger partial charge in [-0.3, -0.25) is 0 Å². The molecule has 1 atom stereocenters. The standard InChI is InChI=1S/C16H18/c1-15(2)9-6-10-16(3)13-8-5-4-7-12(13)11-14(15)16/h4-9,11H,10H2,1-3H3. The molecule has 2 aliphatic carbocycles. The first-order valence-electron chi connectivity index (χ1n) is 6.04. The Morgan fingerprint density at radius 3 is 2.62 bits per heavy atom. The molecule has 0 nitrogen and oxygen atoms in total. The summed E-state index contributed by atoms with van der Waals surface area (Å²) in [6.07, 6.45) is 8.24. The topological polar surface area (TPSA) is 0 Å². The summed E-state index contributed by atoms with van der Waals surface area (Å²) in [5, 5.41) is 0. The van der Waals surface area contributed by atoms with Gasteiger partial charge in [0.25, 0.3) is 0 Å². The van der Waals surface area contributed by atoms with Crippen LogP contribution in [-0.2, 0) is 5.41 Å². The van der Waals surface area contributed by atoms with E-state index in [-0.39, 0.29) is 10.8 Å². The predicted molar refractivity (Wildman–Crippen MR) is 69.3 cm³/mol. The number of rotatable bonds is 0. The van der Waals surface area contributed by atoms with Crippen molar-refractivity contribution in [3.8, 4) is 0 Å². The molecule has 0 heterocycles. The number of hydrogen-bond donors (Lipinski definition) is 0. The minimum absolute atomic E-state index is 0.200. The highest BCUT2D eigenvalue weighted by Crippen LogP contribution is 2.54. The zero-order valence-electron chi connectivity index (χ0n) is 10.2. The maximum absolute atomic E-state index is 2.40. The van der Waals surface area contributed by atoms with Crippen LogP contribution in [-0.4, -0.2) is 0 Å². The van der Waals surface area contributed by atoms with Crippen LogP contribution in [0.5, 0.6) is 0 Å². The molecule has 1 unspecified atom stereocenters. The van der Waals surface area contributed by atoms with Gasteiger partial charge in [0.2, 0.25) is 0 Å². The highest BCUT2D eigenvalue weighted by atomic mass is 14.5. The molecule has 0 saturated carbocycles. The van der Waals surface area contributed by atoms with E-state index in [4.69, 9.17) is 0 Å². The first kappa shape index (κ1) is 9.89. The van der Waals surface area contributed by atoms with Gasteiger partial charge in [0.15, 0.2) is 0 Å². The second-order valence-electron chi connectivity index (χ2n) is 5.81. The zero-order chi connectivity index (χ0) is 11.4. The van der Waals surface area contributed by atoms with Crippen molar-refractivity contribution in [2.75, 3.05) is 0 Å². The lowest BCUT2D eigenvalue weighted by Crippen LogP contribution is -2.32. The fourth-order valence-corrected chi connectivity index (χ4v) is 3.38. The van der Waals surface area contributed by atoms with Gasteiger partial charge < -0.3 is 0 Å². The molecule has 3 rings (SSSR count). The molecule has 16 heavy (non-hydrogen) atoms. The van der Waals surface area contributed by atoms with E-state index < -0.39 is 0 Å². The average Bonchev–Trinajstić information content (AvgIpc) is 2.54. The summed E-state index contributed by atoms with van der Waals surface area (Å²) in [6, 6.07) is 8.82. The largest absolute Gasteiger partial charge is 0.0865 e. The van der Waals surface area contributed by atoms with E-state index in [9.17, 15) is 0 Å². The normalized spacial score (nSPS) is 29.6. The minimum atomic E-state index is 0.200. The van der Waals surface area contributed by atoms with Crippen LogP contribution in [0.25, 0.3) is 6.08 Å². The Morgan fingerprint density at radius 2 is 1.81 bits per heavy atom. The van der Waals surface area contributed by atoms with Crippen LogP contribution in [0.1, 0.15) is 38.3 Å². The van der Waals surface area contributed by atoms with Crippen molar-refractivity contribution in [3.63, 3.8) is 0 Å². The van der Waals surface area contributed by atoms with E-state index in [1.165, 1.54) is 11.1 Å². The van der Waals surface area contributed by atoms with Crippen LogP contribution in [0, 0.1) is 5.41 Å². The summed E-state index contributed by atoms with van der Waals surface area (Å²) in [7, 11) is 0. The van der Waals surface area contributed by atoms with Crippen LogP contribution in [0.15, 0.2) is 42.0 Å². The molecular formula is C16H18. The highest BCUT2D eigenvalue weighted by molar-refractivity contribution is 5.71. The van der Waals surface area contributed by atoms with Gasteiger partial charge in [-0.1, -0.05) is 63.3 Å². The summed E-state index contributed by atoms with van der Waals surface area (Å²) >= 11 is 0. The van der Waals surface area contributed by atoms with Crippen LogP contribution in [0.2, 0.25) is 0 Å². The molecule has 2 aliphatic rings. The lowest BCUT2D eigenvalue weighted by Gasteiger charge is -2.40. The summed E-state index contributed by atoms with van der Waals surface area (Å²) in [4.78, 5) is 0. The minimum Gasteiger partial charge on any atom is -0.0865 e. The Balaban J connectivity index is 2.26. The van der Waals surface area contributed by atoms with Crippen molar-refractivity contribution in [1.29, 1.82) is 0 Å². The zero-order valence-corrected chi connectivity index (χ0v) is 10.2. The van der Waals surface area contributed by atoms with Gasteiger partial charge >= 0.3 is 0 Å². The molecule has 0 radical (unpaired) electrons. The second-order valence-corrected chi connectivity index (χ2v) is 5.81. The average molecular weight is 210 g/mol. The number of allylic oxidation sites excluding steroid dienone is 3. The molecule has 0 bridgehead atoms. The third-order valence-corrected chi connectivity index (χ3v) is 4.20. The fraction of sp³-hybridized carbons (Fsp3) is 0.375. The van der Waals surface area contributed by atoms with Crippen molar-refractivity contribution in [2.45, 2.75) is 32.6 Å². The molecule has 0 saturated heterocycles. The molecule has 0 aromatic heterocycles. The summed E-state index contributed by atoms with van der Waals surface area (Å²) in [5.41, 5.74) is 4.92. The van der Waals surface area contributed by atoms with Crippen molar-refractivity contribution in [3.05, 3.63) is 53.1 Å². The Hall–Kier alpha value is -1.30. The van der Waals surface area contributed by atoms with E-state index in [0.717, 1.165) is 6.42 Å². The summed E-state index contributed by atoms with van der Waals surface area (Å²) in [5.74, 6) is 0. The van der Waals surface area contributed by atoms with Gasteiger partial charge in [-0.25, -0.2) is 0 Å². The third-order valence-electron chi connectivity index (χ3n) is 4.20. The Kier molecular flexibility index (Phi) is 1.78. The van der Waals surface area contributed by atoms with Crippen molar-refractivity contribution in [1.82, 2.24) is 0 Å². The molecule has 0 aliphatic heterocycles. The molecule has 0 spiro atoms. The monoisotopic (exact) mass is 210 g/mol. The third kappa shape index (κ3) is 1.10. The van der Waals surface area contributed by atoms with Crippen LogP contribution >= 0.6 is 0 Å². The van der Waals surface area contributed by atoms with Gasteiger partial charge in [0.1, 0.15) is 0 Å². The Labute approximate surface area is 97.7 Å². The number of benzene rings is 1. The quantitative estimate of drug-likeness (QED) is 0.559. The molecular weight excluding hydrogens is 192 g/mol. The SMILES string of the molecule is CC1(C)C=CCC2(C)C1=Cc1ccccc12. The van der Waals surface area contributed by atoms with Crippen molar-refractivity contribution >= 4 is 6.08 Å². The van der Waals surface area contributed by atoms with Gasteiger partial charge in [-0.15, -0.1) is 0 Å². The predicted octanol–water partition coefficient (Wildman–Crippen LogP) is 4.33. The maximum atomic E-state index is 2.40. The smallest absolute Gasteiger partial charge is 0.0185 e. The number of fused-ring (bicyclic) bond motifs is 3. The number of hydrogen-bond acceptors (Lipinski definition) is 0. The van der Waals surface area contributed by atoms with Crippen molar-refractivity contribution in [2.24, 2.45) is 5.41 Å². The Bertz CT molecular complexity index is 503. The molecule has 1 aromatic carbocycles. The fourth-order valence-electron chi connectivity index (χ4n) is 3.38. The summed E-state index contributed by atoms with van der Waals surface area (Å²) < 4.78 is 0. The summed E-state index contributed by atoms with van der Waals surface area (Å²) in [6.45, 7) is 7.02. The van der Waals surface area contributed by atoms with E-state index in [1.54, 1.807) is 5.57 Å². The van der Waals surface area contributed by atoms with E-state index in [1.807, 2.05) is 0 Å².